The first-order valence-corrected chi connectivity index (χ1v) is 9.47. The fourth-order valence-corrected chi connectivity index (χ4v) is 4.49. The number of fused-ring (bicyclic) bond motifs is 3. The Morgan fingerprint density at radius 2 is 1.88 bits per heavy atom. The Morgan fingerprint density at radius 3 is 2.62 bits per heavy atom. The average Bonchev–Trinajstić information content (AvgIpc) is 2.96. The van der Waals surface area contributed by atoms with Gasteiger partial charge in [0.25, 0.3) is 0 Å². The Labute approximate surface area is 163 Å². The number of carbonyl (C=O) groups is 1. The molecule has 0 N–H and O–H groups in total. The number of hydrogen-bond donors (Lipinski definition) is 0. The van der Waals surface area contributed by atoms with Crippen molar-refractivity contribution in [3.63, 3.8) is 0 Å². The van der Waals surface area contributed by atoms with Crippen molar-refractivity contribution in [1.29, 1.82) is 0 Å². The summed E-state index contributed by atoms with van der Waals surface area (Å²) in [6, 6.07) is 13.3. The topological polar surface area (TPSA) is 32.8 Å². The van der Waals surface area contributed by atoms with Crippen molar-refractivity contribution >= 4 is 34.8 Å². The molecule has 0 aromatic heterocycles. The molecule has 1 fully saturated rings. The summed E-state index contributed by atoms with van der Waals surface area (Å²) in [6.45, 7) is 5.45. The third kappa shape index (κ3) is 2.55. The van der Waals surface area contributed by atoms with Crippen molar-refractivity contribution in [2.24, 2.45) is 0 Å². The van der Waals surface area contributed by atoms with Crippen LogP contribution in [0.4, 0.5) is 5.69 Å². The quantitative estimate of drug-likeness (QED) is 0.766. The van der Waals surface area contributed by atoms with Crippen molar-refractivity contribution in [2.75, 3.05) is 24.6 Å². The zero-order chi connectivity index (χ0) is 18.5. The Bertz CT molecular complexity index is 871. The van der Waals surface area contributed by atoms with Gasteiger partial charge in [-0.3, -0.25) is 9.69 Å². The first-order chi connectivity index (χ1) is 12.4. The van der Waals surface area contributed by atoms with Gasteiger partial charge in [0.15, 0.2) is 5.72 Å². The molecule has 4 nitrogen and oxygen atoms in total. The van der Waals surface area contributed by atoms with Crippen molar-refractivity contribution in [3.05, 3.63) is 63.6 Å². The molecule has 0 saturated carbocycles. The molecule has 0 spiro atoms. The van der Waals surface area contributed by atoms with E-state index in [-0.39, 0.29) is 18.5 Å². The van der Waals surface area contributed by atoms with Gasteiger partial charge < -0.3 is 9.64 Å². The van der Waals surface area contributed by atoms with E-state index in [0.29, 0.717) is 23.2 Å². The molecular weight excluding hydrogens is 371 g/mol. The van der Waals surface area contributed by atoms with E-state index in [9.17, 15) is 4.79 Å². The van der Waals surface area contributed by atoms with Gasteiger partial charge in [-0.1, -0.05) is 41.4 Å². The molecular formula is C20H20Cl2N2O2. The van der Waals surface area contributed by atoms with Crippen LogP contribution in [-0.2, 0) is 15.3 Å². The van der Waals surface area contributed by atoms with Gasteiger partial charge in [-0.05, 0) is 38.1 Å². The number of anilines is 1. The third-order valence-corrected chi connectivity index (χ3v) is 5.62. The zero-order valence-electron chi connectivity index (χ0n) is 14.7. The SMILES string of the molecule is CC(C)N1C(=O)CN2CCOC2(c2ccccc2Cl)c2cc(Cl)ccc21. The predicted octanol–water partition coefficient (Wildman–Crippen LogP) is 4.28. The van der Waals surface area contributed by atoms with Crippen molar-refractivity contribution in [1.82, 2.24) is 4.90 Å². The summed E-state index contributed by atoms with van der Waals surface area (Å²) in [6.07, 6.45) is 0. The molecule has 2 aromatic rings. The zero-order valence-corrected chi connectivity index (χ0v) is 16.2. The lowest BCUT2D eigenvalue weighted by Gasteiger charge is -2.37. The molecule has 136 valence electrons. The van der Waals surface area contributed by atoms with Crippen LogP contribution in [0, 0.1) is 0 Å². The van der Waals surface area contributed by atoms with Gasteiger partial charge in [-0.25, -0.2) is 0 Å². The van der Waals surface area contributed by atoms with E-state index in [1.54, 1.807) is 0 Å². The highest BCUT2D eigenvalue weighted by Gasteiger charge is 2.51. The van der Waals surface area contributed by atoms with Gasteiger partial charge >= 0.3 is 0 Å². The maximum atomic E-state index is 13.1. The Morgan fingerprint density at radius 1 is 1.12 bits per heavy atom. The first-order valence-electron chi connectivity index (χ1n) is 8.71. The molecule has 0 bridgehead atoms. The summed E-state index contributed by atoms with van der Waals surface area (Å²) in [7, 11) is 0. The molecule has 2 aromatic carbocycles. The van der Waals surface area contributed by atoms with Crippen LogP contribution in [0.25, 0.3) is 0 Å². The predicted molar refractivity (Wildman–Crippen MR) is 104 cm³/mol. The van der Waals surface area contributed by atoms with E-state index in [1.165, 1.54) is 0 Å². The minimum Gasteiger partial charge on any atom is -0.350 e. The molecule has 6 heteroatoms. The van der Waals surface area contributed by atoms with E-state index in [1.807, 2.05) is 61.2 Å². The van der Waals surface area contributed by atoms with E-state index in [2.05, 4.69) is 4.90 Å². The normalized spacial score (nSPS) is 23.1. The minimum absolute atomic E-state index is 0.0192. The summed E-state index contributed by atoms with van der Waals surface area (Å²) in [5.74, 6) is 0.0444. The first kappa shape index (κ1) is 17.8. The Hall–Kier alpha value is -1.59. The van der Waals surface area contributed by atoms with Crippen molar-refractivity contribution < 1.29 is 9.53 Å². The largest absolute Gasteiger partial charge is 0.350 e. The van der Waals surface area contributed by atoms with Gasteiger partial charge in [-0.15, -0.1) is 0 Å². The van der Waals surface area contributed by atoms with Crippen LogP contribution in [0.5, 0.6) is 0 Å². The van der Waals surface area contributed by atoms with Crippen LogP contribution in [0.15, 0.2) is 42.5 Å². The van der Waals surface area contributed by atoms with Gasteiger partial charge in [-0.2, -0.15) is 0 Å². The lowest BCUT2D eigenvalue weighted by Crippen LogP contribution is -2.46. The number of amides is 1. The van der Waals surface area contributed by atoms with Crippen molar-refractivity contribution in [2.45, 2.75) is 25.6 Å². The van der Waals surface area contributed by atoms with Crippen LogP contribution in [0.2, 0.25) is 10.0 Å². The highest BCUT2D eigenvalue weighted by molar-refractivity contribution is 6.31. The number of halogens is 2. The molecule has 1 amide bonds. The number of ether oxygens (including phenoxy) is 1. The Balaban J connectivity index is 2.06. The molecule has 2 heterocycles. The summed E-state index contributed by atoms with van der Waals surface area (Å²) in [5.41, 5.74) is 1.59. The molecule has 0 radical (unpaired) electrons. The molecule has 26 heavy (non-hydrogen) atoms. The fraction of sp³-hybridized carbons (Fsp3) is 0.350. The standard InChI is InChI=1S/C20H20Cl2N2O2/c1-13(2)24-18-8-7-14(21)11-16(18)20(15-5-3-4-6-17(15)22)23(9-10-26-20)12-19(24)25/h3-8,11,13H,9-10,12H2,1-2H3. The van der Waals surface area contributed by atoms with Gasteiger partial charge in [0, 0.05) is 33.8 Å². The molecule has 4 rings (SSSR count). The summed E-state index contributed by atoms with van der Waals surface area (Å²) in [4.78, 5) is 17.0. The second-order valence-corrected chi connectivity index (χ2v) is 7.76. The van der Waals surface area contributed by atoms with Crippen LogP contribution in [-0.4, -0.2) is 36.5 Å². The summed E-state index contributed by atoms with van der Waals surface area (Å²) < 4.78 is 6.35. The molecule has 2 aliphatic rings. The van der Waals surface area contributed by atoms with Crippen LogP contribution in [0.1, 0.15) is 25.0 Å². The second kappa shape index (κ2) is 6.54. The Kier molecular flexibility index (Phi) is 4.48. The van der Waals surface area contributed by atoms with E-state index in [4.69, 9.17) is 27.9 Å². The van der Waals surface area contributed by atoms with E-state index in [0.717, 1.165) is 16.8 Å². The number of hydrogen-bond acceptors (Lipinski definition) is 3. The van der Waals surface area contributed by atoms with E-state index < -0.39 is 5.72 Å². The van der Waals surface area contributed by atoms with Crippen LogP contribution in [0.3, 0.4) is 0 Å². The summed E-state index contributed by atoms with van der Waals surface area (Å²) in [5, 5.41) is 1.21. The van der Waals surface area contributed by atoms with Crippen LogP contribution < -0.4 is 4.90 Å². The number of benzene rings is 2. The number of carbonyl (C=O) groups excluding carboxylic acids is 1. The van der Waals surface area contributed by atoms with Gasteiger partial charge in [0.2, 0.25) is 5.91 Å². The maximum Gasteiger partial charge on any atom is 0.241 e. The van der Waals surface area contributed by atoms with Gasteiger partial charge in [0.05, 0.1) is 18.8 Å². The molecule has 2 aliphatic heterocycles. The third-order valence-electron chi connectivity index (χ3n) is 5.05. The monoisotopic (exact) mass is 390 g/mol. The number of nitrogens with zero attached hydrogens (tertiary/aromatic N) is 2. The summed E-state index contributed by atoms with van der Waals surface area (Å²) >= 11 is 12.9. The van der Waals surface area contributed by atoms with Crippen LogP contribution >= 0.6 is 23.2 Å². The van der Waals surface area contributed by atoms with Crippen molar-refractivity contribution in [3.8, 4) is 0 Å². The molecule has 1 atom stereocenters. The molecule has 1 saturated heterocycles. The highest BCUT2D eigenvalue weighted by atomic mass is 35.5. The smallest absolute Gasteiger partial charge is 0.241 e. The average molecular weight is 391 g/mol. The second-order valence-electron chi connectivity index (χ2n) is 6.91. The lowest BCUT2D eigenvalue weighted by molar-refractivity contribution is -0.123. The van der Waals surface area contributed by atoms with E-state index >= 15 is 0 Å². The number of rotatable bonds is 2. The van der Waals surface area contributed by atoms with Gasteiger partial charge in [0.1, 0.15) is 0 Å². The lowest BCUT2D eigenvalue weighted by atomic mass is 9.91. The fourth-order valence-electron chi connectivity index (χ4n) is 4.05. The molecule has 1 unspecified atom stereocenters. The maximum absolute atomic E-state index is 13.1. The molecule has 0 aliphatic carbocycles. The minimum atomic E-state index is -0.919. The highest BCUT2D eigenvalue weighted by Crippen LogP contribution is 2.49.